The van der Waals surface area contributed by atoms with E-state index in [1.165, 1.54) is 4.88 Å². The molecule has 0 spiro atoms. The number of nitrogens with zero attached hydrogens (tertiary/aromatic N) is 2. The van der Waals surface area contributed by atoms with Crippen molar-refractivity contribution in [3.8, 4) is 6.07 Å². The van der Waals surface area contributed by atoms with Crippen molar-refractivity contribution in [2.45, 2.75) is 25.9 Å². The van der Waals surface area contributed by atoms with E-state index in [2.05, 4.69) is 24.4 Å². The topological polar surface area (TPSA) is 44.1 Å². The van der Waals surface area contributed by atoms with E-state index < -0.39 is 0 Å². The fraction of sp³-hybridized carbons (Fsp3) is 0.167. The summed E-state index contributed by atoms with van der Waals surface area (Å²) in [6, 6.07) is 23.6. The molecule has 0 saturated carbocycles. The van der Waals surface area contributed by atoms with Crippen LogP contribution in [0.15, 0.2) is 78.2 Å². The van der Waals surface area contributed by atoms with Gasteiger partial charge in [-0.2, -0.15) is 5.26 Å². The van der Waals surface area contributed by atoms with Crippen LogP contribution >= 0.6 is 11.3 Å². The van der Waals surface area contributed by atoms with E-state index in [0.717, 1.165) is 17.5 Å². The third-order valence-corrected chi connectivity index (χ3v) is 5.44. The van der Waals surface area contributed by atoms with E-state index in [4.69, 9.17) is 5.26 Å². The first kappa shape index (κ1) is 19.6. The van der Waals surface area contributed by atoms with Gasteiger partial charge in [-0.3, -0.25) is 4.79 Å². The van der Waals surface area contributed by atoms with Gasteiger partial charge in [-0.05, 0) is 47.7 Å². The molecule has 0 aliphatic carbocycles. The summed E-state index contributed by atoms with van der Waals surface area (Å²) in [6.45, 7) is 2.67. The molecular weight excluding hydrogens is 364 g/mol. The molecule has 4 heteroatoms. The van der Waals surface area contributed by atoms with E-state index in [0.29, 0.717) is 12.1 Å². The molecule has 28 heavy (non-hydrogen) atoms. The fourth-order valence-electron chi connectivity index (χ4n) is 2.99. The number of benzene rings is 2. The second kappa shape index (κ2) is 9.68. The normalized spacial score (nSPS) is 11.9. The molecule has 2 aromatic carbocycles. The zero-order chi connectivity index (χ0) is 19.8. The number of nitriles is 1. The van der Waals surface area contributed by atoms with Crippen LogP contribution in [0.4, 0.5) is 0 Å². The molecule has 1 atom stereocenters. The number of carbonyl (C=O) groups excluding carboxylic acids is 1. The highest BCUT2D eigenvalue weighted by molar-refractivity contribution is 7.09. The molecule has 3 rings (SSSR count). The molecule has 0 aliphatic heterocycles. The van der Waals surface area contributed by atoms with Gasteiger partial charge in [0.15, 0.2) is 0 Å². The van der Waals surface area contributed by atoms with Crippen molar-refractivity contribution in [1.82, 2.24) is 4.90 Å². The molecule has 3 nitrogen and oxygen atoms in total. The Morgan fingerprint density at radius 2 is 1.86 bits per heavy atom. The minimum absolute atomic E-state index is 0.0164. The van der Waals surface area contributed by atoms with E-state index in [1.807, 2.05) is 53.4 Å². The molecule has 0 radical (unpaired) electrons. The van der Waals surface area contributed by atoms with Gasteiger partial charge in [0.25, 0.3) is 0 Å². The Morgan fingerprint density at radius 3 is 2.50 bits per heavy atom. The lowest BCUT2D eigenvalue weighted by atomic mass is 10.1. The Morgan fingerprint density at radius 1 is 1.11 bits per heavy atom. The summed E-state index contributed by atoms with van der Waals surface area (Å²) in [5.41, 5.74) is 2.62. The van der Waals surface area contributed by atoms with Gasteiger partial charge in [0.05, 0.1) is 11.6 Å². The first-order valence-corrected chi connectivity index (χ1v) is 10.1. The van der Waals surface area contributed by atoms with Gasteiger partial charge in [-0.15, -0.1) is 11.3 Å². The summed E-state index contributed by atoms with van der Waals surface area (Å²) in [7, 11) is 0. The van der Waals surface area contributed by atoms with Crippen LogP contribution in [0.5, 0.6) is 0 Å². The van der Waals surface area contributed by atoms with Crippen LogP contribution in [-0.4, -0.2) is 16.8 Å². The van der Waals surface area contributed by atoms with Gasteiger partial charge in [-0.25, -0.2) is 0 Å². The van der Waals surface area contributed by atoms with Gasteiger partial charge in [0.1, 0.15) is 0 Å². The lowest BCUT2D eigenvalue weighted by Gasteiger charge is -2.28. The van der Waals surface area contributed by atoms with Crippen molar-refractivity contribution in [3.05, 3.63) is 99.8 Å². The summed E-state index contributed by atoms with van der Waals surface area (Å²) in [5, 5.41) is 11.0. The van der Waals surface area contributed by atoms with Crippen molar-refractivity contribution in [3.63, 3.8) is 0 Å². The second-order valence-corrected chi connectivity index (χ2v) is 7.68. The summed E-state index contributed by atoms with van der Waals surface area (Å²) in [6.07, 6.45) is 4.26. The quantitative estimate of drug-likeness (QED) is 0.518. The van der Waals surface area contributed by atoms with Crippen LogP contribution in [0.3, 0.4) is 0 Å². The number of carbonyl (C=O) groups is 1. The molecule has 0 aliphatic rings. The lowest BCUT2D eigenvalue weighted by molar-refractivity contribution is -0.128. The summed E-state index contributed by atoms with van der Waals surface area (Å²) in [4.78, 5) is 16.2. The first-order valence-electron chi connectivity index (χ1n) is 9.21. The largest absolute Gasteiger partial charge is 0.332 e. The van der Waals surface area contributed by atoms with E-state index >= 15 is 0 Å². The first-order chi connectivity index (χ1) is 13.7. The molecule has 1 heterocycles. The van der Waals surface area contributed by atoms with Crippen molar-refractivity contribution < 1.29 is 4.79 Å². The zero-order valence-electron chi connectivity index (χ0n) is 15.8. The van der Waals surface area contributed by atoms with Crippen molar-refractivity contribution >= 4 is 23.3 Å². The molecule has 3 aromatic rings. The number of amides is 1. The predicted molar refractivity (Wildman–Crippen MR) is 115 cm³/mol. The highest BCUT2D eigenvalue weighted by Gasteiger charge is 2.19. The monoisotopic (exact) mass is 386 g/mol. The van der Waals surface area contributed by atoms with E-state index in [-0.39, 0.29) is 11.9 Å². The Balaban J connectivity index is 1.76. The standard InChI is InChI=1S/C24H22N2OS/c1-19(16-23-8-5-15-28-23)26(18-22-6-3-2-4-7-22)24(27)14-13-20-9-11-21(17-25)12-10-20/h2-15,19H,16,18H2,1H3/b14-13+/t19-/m0/s1. The Hall–Kier alpha value is -3.16. The average molecular weight is 387 g/mol. The molecule has 1 amide bonds. The van der Waals surface area contributed by atoms with Crippen molar-refractivity contribution in [2.24, 2.45) is 0 Å². The minimum Gasteiger partial charge on any atom is -0.332 e. The molecule has 140 valence electrons. The minimum atomic E-state index is -0.0164. The van der Waals surface area contributed by atoms with Crippen LogP contribution in [0.2, 0.25) is 0 Å². The average Bonchev–Trinajstić information content (AvgIpc) is 3.24. The summed E-state index contributed by atoms with van der Waals surface area (Å²) in [5.74, 6) is -0.0164. The Kier molecular flexibility index (Phi) is 6.78. The van der Waals surface area contributed by atoms with Crippen LogP contribution in [0.1, 0.15) is 28.5 Å². The maximum atomic E-state index is 13.0. The highest BCUT2D eigenvalue weighted by atomic mass is 32.1. The predicted octanol–water partition coefficient (Wildman–Crippen LogP) is 5.29. The number of rotatable bonds is 7. The van der Waals surface area contributed by atoms with E-state index in [9.17, 15) is 4.79 Å². The number of hydrogen-bond donors (Lipinski definition) is 0. The molecule has 0 saturated heterocycles. The summed E-state index contributed by atoms with van der Waals surface area (Å²) >= 11 is 1.72. The molecule has 1 aromatic heterocycles. The van der Waals surface area contributed by atoms with Gasteiger partial charge in [0, 0.05) is 30.0 Å². The molecule has 0 bridgehead atoms. The fourth-order valence-corrected chi connectivity index (χ4v) is 3.82. The molecular formula is C24H22N2OS. The van der Waals surface area contributed by atoms with Gasteiger partial charge >= 0.3 is 0 Å². The van der Waals surface area contributed by atoms with Crippen LogP contribution < -0.4 is 0 Å². The van der Waals surface area contributed by atoms with Gasteiger partial charge < -0.3 is 4.90 Å². The third kappa shape index (κ3) is 5.42. The van der Waals surface area contributed by atoms with Gasteiger partial charge in [0.2, 0.25) is 5.91 Å². The third-order valence-electron chi connectivity index (χ3n) is 4.55. The number of hydrogen-bond acceptors (Lipinski definition) is 3. The lowest BCUT2D eigenvalue weighted by Crippen LogP contribution is -2.38. The molecule has 0 fully saturated rings. The SMILES string of the molecule is C[C@@H](Cc1cccs1)N(Cc1ccccc1)C(=O)/C=C/c1ccc(C#N)cc1. The Bertz CT molecular complexity index is 954. The van der Waals surface area contributed by atoms with Crippen molar-refractivity contribution in [2.75, 3.05) is 0 Å². The zero-order valence-corrected chi connectivity index (χ0v) is 16.6. The van der Waals surface area contributed by atoms with Crippen LogP contribution in [0.25, 0.3) is 6.08 Å². The maximum Gasteiger partial charge on any atom is 0.247 e. The van der Waals surface area contributed by atoms with E-state index in [1.54, 1.807) is 35.6 Å². The smallest absolute Gasteiger partial charge is 0.247 e. The molecule has 0 unspecified atom stereocenters. The second-order valence-electron chi connectivity index (χ2n) is 6.65. The van der Waals surface area contributed by atoms with Gasteiger partial charge in [-0.1, -0.05) is 48.5 Å². The maximum absolute atomic E-state index is 13.0. The molecule has 0 N–H and O–H groups in total. The van der Waals surface area contributed by atoms with Crippen LogP contribution in [-0.2, 0) is 17.8 Å². The summed E-state index contributed by atoms with van der Waals surface area (Å²) < 4.78 is 0. The van der Waals surface area contributed by atoms with Crippen LogP contribution in [0, 0.1) is 11.3 Å². The highest BCUT2D eigenvalue weighted by Crippen LogP contribution is 2.17. The van der Waals surface area contributed by atoms with Crippen molar-refractivity contribution in [1.29, 1.82) is 5.26 Å². The Labute approximate surface area is 170 Å². The number of thiophene rings is 1.